The zero-order chi connectivity index (χ0) is 9.19. The Hall–Kier alpha value is 0.0500. The number of rotatable bonds is 1. The van der Waals surface area contributed by atoms with Crippen LogP contribution in [0.2, 0.25) is 0 Å². The maximum atomic E-state index is 10.5. The molecule has 0 unspecified atom stereocenters. The Labute approximate surface area is 85.9 Å². The highest BCUT2D eigenvalue weighted by molar-refractivity contribution is 6.66. The Bertz CT molecular complexity index is 267. The Morgan fingerprint density at radius 2 is 1.92 bits per heavy atom. The van der Waals surface area contributed by atoms with E-state index in [2.05, 4.69) is 0 Å². The van der Waals surface area contributed by atoms with Crippen LogP contribution in [0.1, 0.15) is 11.1 Å². The SMILES string of the molecule is [O]Cc1cccc(C(Cl)(Cl)Cl)c1. The summed E-state index contributed by atoms with van der Waals surface area (Å²) in [6, 6.07) is 6.67. The van der Waals surface area contributed by atoms with Gasteiger partial charge in [0.25, 0.3) is 0 Å². The Morgan fingerprint density at radius 1 is 1.25 bits per heavy atom. The van der Waals surface area contributed by atoms with Gasteiger partial charge < -0.3 is 0 Å². The number of alkyl halides is 3. The fourth-order valence-electron chi connectivity index (χ4n) is 0.837. The zero-order valence-corrected chi connectivity index (χ0v) is 8.33. The Balaban J connectivity index is 3.02. The molecule has 0 spiro atoms. The van der Waals surface area contributed by atoms with E-state index in [1.54, 1.807) is 24.3 Å². The first-order valence-electron chi connectivity index (χ1n) is 3.28. The number of benzene rings is 1. The molecule has 0 amide bonds. The lowest BCUT2D eigenvalue weighted by atomic mass is 10.1. The summed E-state index contributed by atoms with van der Waals surface area (Å²) < 4.78 is -1.44. The molecule has 65 valence electrons. The molecule has 0 aromatic heterocycles. The summed E-state index contributed by atoms with van der Waals surface area (Å²) in [7, 11) is 0. The lowest BCUT2D eigenvalue weighted by molar-refractivity contribution is 0.177. The molecule has 0 heterocycles. The molecule has 0 atom stereocenters. The molecule has 0 N–H and O–H groups in total. The minimum absolute atomic E-state index is 0.297. The predicted octanol–water partition coefficient (Wildman–Crippen LogP) is 3.44. The van der Waals surface area contributed by atoms with E-state index in [9.17, 15) is 5.11 Å². The van der Waals surface area contributed by atoms with Gasteiger partial charge in [-0.3, -0.25) is 0 Å². The van der Waals surface area contributed by atoms with Crippen LogP contribution in [0.15, 0.2) is 24.3 Å². The molecule has 0 aliphatic heterocycles. The molecule has 1 aromatic rings. The van der Waals surface area contributed by atoms with Gasteiger partial charge in [-0.15, -0.1) is 0 Å². The minimum Gasteiger partial charge on any atom is -0.232 e. The van der Waals surface area contributed by atoms with Crippen molar-refractivity contribution < 1.29 is 5.11 Å². The number of halogens is 3. The molecule has 1 aromatic carbocycles. The molecule has 1 nitrogen and oxygen atoms in total. The van der Waals surface area contributed by atoms with Gasteiger partial charge >= 0.3 is 0 Å². The third kappa shape index (κ3) is 2.53. The first-order valence-corrected chi connectivity index (χ1v) is 4.41. The van der Waals surface area contributed by atoms with E-state index >= 15 is 0 Å². The topological polar surface area (TPSA) is 19.9 Å². The second-order valence-corrected chi connectivity index (χ2v) is 4.62. The van der Waals surface area contributed by atoms with Crippen LogP contribution in [0.4, 0.5) is 0 Å². The number of hydrogen-bond acceptors (Lipinski definition) is 0. The molecule has 0 saturated carbocycles. The average molecular weight is 224 g/mol. The van der Waals surface area contributed by atoms with Crippen LogP contribution in [0.5, 0.6) is 0 Å². The van der Waals surface area contributed by atoms with Gasteiger partial charge in [-0.25, -0.2) is 5.11 Å². The van der Waals surface area contributed by atoms with Crippen molar-refractivity contribution in [1.29, 1.82) is 0 Å². The Kier molecular flexibility index (Phi) is 3.24. The molecule has 0 bridgehead atoms. The summed E-state index contributed by atoms with van der Waals surface area (Å²) in [5, 5.41) is 10.5. The van der Waals surface area contributed by atoms with Crippen LogP contribution in [-0.4, -0.2) is 0 Å². The summed E-state index contributed by atoms with van der Waals surface area (Å²) in [4.78, 5) is 0. The van der Waals surface area contributed by atoms with E-state index in [-0.39, 0.29) is 6.61 Å². The van der Waals surface area contributed by atoms with Crippen molar-refractivity contribution in [2.24, 2.45) is 0 Å². The highest BCUT2D eigenvalue weighted by Gasteiger charge is 2.22. The molecular weight excluding hydrogens is 218 g/mol. The molecule has 1 rings (SSSR count). The van der Waals surface area contributed by atoms with Crippen LogP contribution in [0.25, 0.3) is 0 Å². The summed E-state index contributed by atoms with van der Waals surface area (Å²) in [5.74, 6) is 0. The van der Waals surface area contributed by atoms with Crippen molar-refractivity contribution in [2.75, 3.05) is 0 Å². The van der Waals surface area contributed by atoms with Crippen molar-refractivity contribution in [2.45, 2.75) is 10.4 Å². The molecule has 0 saturated heterocycles. The van der Waals surface area contributed by atoms with Crippen molar-refractivity contribution in [3.63, 3.8) is 0 Å². The standard InChI is InChI=1S/C8H6Cl3O/c9-8(10,11)7-3-1-2-6(4-7)5-12/h1-4H,5H2. The second kappa shape index (κ2) is 3.84. The van der Waals surface area contributed by atoms with E-state index in [0.29, 0.717) is 11.1 Å². The van der Waals surface area contributed by atoms with Crippen molar-refractivity contribution in [1.82, 2.24) is 0 Å². The molecule has 0 aliphatic carbocycles. The highest BCUT2D eigenvalue weighted by atomic mass is 35.6. The molecule has 0 fully saturated rings. The van der Waals surface area contributed by atoms with Crippen LogP contribution < -0.4 is 0 Å². The molecule has 1 radical (unpaired) electrons. The van der Waals surface area contributed by atoms with Gasteiger partial charge in [0.2, 0.25) is 3.79 Å². The molecule has 4 heteroatoms. The molecular formula is C8H6Cl3O. The van der Waals surface area contributed by atoms with Crippen molar-refractivity contribution >= 4 is 34.8 Å². The summed E-state index contributed by atoms with van der Waals surface area (Å²) in [5.41, 5.74) is 1.15. The van der Waals surface area contributed by atoms with Gasteiger partial charge in [-0.2, -0.15) is 0 Å². The second-order valence-electron chi connectivity index (χ2n) is 2.34. The molecule has 0 aliphatic rings. The summed E-state index contributed by atoms with van der Waals surface area (Å²) >= 11 is 16.8. The van der Waals surface area contributed by atoms with E-state index < -0.39 is 3.79 Å². The number of hydrogen-bond donors (Lipinski definition) is 0. The summed E-state index contributed by atoms with van der Waals surface area (Å²) in [6.45, 7) is -0.297. The van der Waals surface area contributed by atoms with Gasteiger partial charge in [-0.1, -0.05) is 53.0 Å². The normalized spacial score (nSPS) is 11.7. The van der Waals surface area contributed by atoms with Crippen LogP contribution in [-0.2, 0) is 15.5 Å². The largest absolute Gasteiger partial charge is 0.232 e. The van der Waals surface area contributed by atoms with E-state index in [1.807, 2.05) is 0 Å². The lowest BCUT2D eigenvalue weighted by Crippen LogP contribution is -2.00. The zero-order valence-electron chi connectivity index (χ0n) is 6.06. The fraction of sp³-hybridized carbons (Fsp3) is 0.250. The highest BCUT2D eigenvalue weighted by Crippen LogP contribution is 2.38. The van der Waals surface area contributed by atoms with Crippen LogP contribution >= 0.6 is 34.8 Å². The van der Waals surface area contributed by atoms with Crippen LogP contribution in [0.3, 0.4) is 0 Å². The van der Waals surface area contributed by atoms with Crippen molar-refractivity contribution in [3.8, 4) is 0 Å². The third-order valence-corrected chi connectivity index (χ3v) is 2.08. The Morgan fingerprint density at radius 3 is 2.42 bits per heavy atom. The van der Waals surface area contributed by atoms with E-state index in [0.717, 1.165) is 0 Å². The quantitative estimate of drug-likeness (QED) is 0.651. The smallest absolute Gasteiger partial charge is 0.216 e. The van der Waals surface area contributed by atoms with Gasteiger partial charge in [0.1, 0.15) is 6.61 Å². The molecule has 12 heavy (non-hydrogen) atoms. The van der Waals surface area contributed by atoms with Crippen molar-refractivity contribution in [3.05, 3.63) is 35.4 Å². The maximum Gasteiger partial charge on any atom is 0.216 e. The predicted molar refractivity (Wildman–Crippen MR) is 50.1 cm³/mol. The maximum absolute atomic E-state index is 10.5. The van der Waals surface area contributed by atoms with Gasteiger partial charge in [0.05, 0.1) is 0 Å². The van der Waals surface area contributed by atoms with E-state index in [4.69, 9.17) is 34.8 Å². The monoisotopic (exact) mass is 223 g/mol. The third-order valence-electron chi connectivity index (χ3n) is 1.42. The lowest BCUT2D eigenvalue weighted by Gasteiger charge is -2.11. The van der Waals surface area contributed by atoms with Gasteiger partial charge in [0, 0.05) is 5.56 Å². The van der Waals surface area contributed by atoms with Gasteiger partial charge in [-0.05, 0) is 11.6 Å². The average Bonchev–Trinajstić information content (AvgIpc) is 2.03. The fourth-order valence-corrected chi connectivity index (χ4v) is 1.19. The summed E-state index contributed by atoms with van der Waals surface area (Å²) in [6.07, 6.45) is 0. The minimum atomic E-state index is -1.44. The van der Waals surface area contributed by atoms with E-state index in [1.165, 1.54) is 0 Å². The van der Waals surface area contributed by atoms with Gasteiger partial charge in [0.15, 0.2) is 0 Å². The first-order chi connectivity index (χ1) is 5.54. The van der Waals surface area contributed by atoms with Crippen LogP contribution in [0, 0.1) is 0 Å². The first kappa shape index (κ1) is 10.1.